The van der Waals surface area contributed by atoms with Gasteiger partial charge in [-0.05, 0) is 42.1 Å². The fourth-order valence-electron chi connectivity index (χ4n) is 4.69. The van der Waals surface area contributed by atoms with Crippen LogP contribution in [-0.2, 0) is 4.79 Å². The maximum absolute atomic E-state index is 12.3. The Hall–Kier alpha value is -2.44. The third-order valence-corrected chi connectivity index (χ3v) is 6.86. The maximum atomic E-state index is 12.3. The Morgan fingerprint density at radius 1 is 1.31 bits per heavy atom. The zero-order valence-electron chi connectivity index (χ0n) is 15.4. The number of fused-ring (bicyclic) bond motifs is 2. The number of hydrogen-bond donors (Lipinski definition) is 2. The Morgan fingerprint density at radius 2 is 2.04 bits per heavy atom. The van der Waals surface area contributed by atoms with E-state index in [2.05, 4.69) is 31.4 Å². The number of carbonyl (C=O) groups excluding carboxylic acids is 2. The number of rotatable bonds is 5. The monoisotopic (exact) mass is 359 g/mol. The second-order valence-corrected chi connectivity index (χ2v) is 8.22. The molecule has 3 unspecified atom stereocenters. The summed E-state index contributed by atoms with van der Waals surface area (Å²) in [6.07, 6.45) is 3.29. The first-order valence-corrected chi connectivity index (χ1v) is 8.97. The number of nitrogens with zero attached hydrogens (tertiary/aromatic N) is 1. The molecule has 0 aromatic heterocycles. The highest BCUT2D eigenvalue weighted by Crippen LogP contribution is 2.65. The molecular weight excluding hydrogens is 334 g/mol. The molecule has 0 heterocycles. The molecule has 2 fully saturated rings. The minimum Gasteiger partial charge on any atom is -0.351 e. The molecule has 1 aromatic carbocycles. The molecule has 0 aliphatic heterocycles. The van der Waals surface area contributed by atoms with Crippen LogP contribution in [0.4, 0.5) is 5.69 Å². The Kier molecular flexibility index (Phi) is 4.50. The predicted octanol–water partition coefficient (Wildman–Crippen LogP) is 2.66. The van der Waals surface area contributed by atoms with Gasteiger partial charge in [-0.15, -0.1) is 0 Å². The van der Waals surface area contributed by atoms with Gasteiger partial charge in [0.25, 0.3) is 11.6 Å². The van der Waals surface area contributed by atoms with E-state index in [9.17, 15) is 19.7 Å². The lowest BCUT2D eigenvalue weighted by Gasteiger charge is -2.39. The Bertz CT molecular complexity index is 761. The molecule has 1 aromatic rings. The highest BCUT2D eigenvalue weighted by Gasteiger charge is 2.61. The summed E-state index contributed by atoms with van der Waals surface area (Å²) in [5, 5.41) is 16.4. The van der Waals surface area contributed by atoms with Crippen molar-refractivity contribution in [2.45, 2.75) is 46.1 Å². The second kappa shape index (κ2) is 6.37. The fraction of sp³-hybridized carbons (Fsp3) is 0.579. The summed E-state index contributed by atoms with van der Waals surface area (Å²) < 4.78 is 0. The number of benzene rings is 1. The van der Waals surface area contributed by atoms with Gasteiger partial charge in [-0.25, -0.2) is 0 Å². The molecule has 140 valence electrons. The van der Waals surface area contributed by atoms with Crippen LogP contribution >= 0.6 is 0 Å². The molecule has 7 heteroatoms. The predicted molar refractivity (Wildman–Crippen MR) is 96.6 cm³/mol. The molecule has 0 radical (unpaired) electrons. The number of hydrogen-bond acceptors (Lipinski definition) is 4. The van der Waals surface area contributed by atoms with Gasteiger partial charge >= 0.3 is 0 Å². The van der Waals surface area contributed by atoms with Gasteiger partial charge in [-0.1, -0.05) is 26.8 Å². The quantitative estimate of drug-likeness (QED) is 0.623. The fourth-order valence-corrected chi connectivity index (χ4v) is 4.69. The molecule has 2 saturated carbocycles. The van der Waals surface area contributed by atoms with Crippen molar-refractivity contribution in [3.8, 4) is 0 Å². The second-order valence-electron chi connectivity index (χ2n) is 8.22. The van der Waals surface area contributed by atoms with E-state index in [0.29, 0.717) is 5.92 Å². The van der Waals surface area contributed by atoms with Crippen molar-refractivity contribution in [3.63, 3.8) is 0 Å². The molecule has 0 saturated heterocycles. The van der Waals surface area contributed by atoms with Crippen LogP contribution in [0.25, 0.3) is 0 Å². The van der Waals surface area contributed by atoms with E-state index in [4.69, 9.17) is 0 Å². The zero-order valence-corrected chi connectivity index (χ0v) is 15.4. The van der Waals surface area contributed by atoms with Crippen LogP contribution in [-0.4, -0.2) is 29.3 Å². The molecule has 2 aliphatic carbocycles. The van der Waals surface area contributed by atoms with Crippen molar-refractivity contribution in [1.82, 2.24) is 10.6 Å². The van der Waals surface area contributed by atoms with Crippen LogP contribution in [0.1, 0.15) is 50.4 Å². The molecule has 0 spiro atoms. The average Bonchev–Trinajstić information content (AvgIpc) is 2.93. The lowest BCUT2D eigenvalue weighted by Crippen LogP contribution is -2.49. The summed E-state index contributed by atoms with van der Waals surface area (Å²) >= 11 is 0. The number of nitro groups is 1. The minimum absolute atomic E-state index is 0.0807. The van der Waals surface area contributed by atoms with E-state index in [1.807, 2.05) is 0 Å². The first-order chi connectivity index (χ1) is 12.1. The summed E-state index contributed by atoms with van der Waals surface area (Å²) in [5.74, 6) is -0.0982. The van der Waals surface area contributed by atoms with Gasteiger partial charge in [0.05, 0.1) is 11.5 Å². The van der Waals surface area contributed by atoms with E-state index in [1.165, 1.54) is 30.7 Å². The SMILES string of the molecule is CC1(C)C2CCC1(C)C(NC(=O)CNC(=O)c1cccc([N+](=O)[O-])c1)C2. The highest BCUT2D eigenvalue weighted by molar-refractivity contribution is 5.97. The van der Waals surface area contributed by atoms with Gasteiger partial charge in [0, 0.05) is 23.7 Å². The van der Waals surface area contributed by atoms with E-state index in [0.717, 1.165) is 12.8 Å². The Labute approximate surface area is 152 Å². The van der Waals surface area contributed by atoms with Crippen LogP contribution in [0.3, 0.4) is 0 Å². The van der Waals surface area contributed by atoms with Crippen LogP contribution < -0.4 is 10.6 Å². The van der Waals surface area contributed by atoms with Gasteiger partial charge in [0.15, 0.2) is 0 Å². The van der Waals surface area contributed by atoms with Crippen LogP contribution in [0.15, 0.2) is 24.3 Å². The number of nitrogens with one attached hydrogen (secondary N) is 2. The van der Waals surface area contributed by atoms with Crippen LogP contribution in [0, 0.1) is 26.9 Å². The van der Waals surface area contributed by atoms with Gasteiger partial charge in [-0.3, -0.25) is 19.7 Å². The third-order valence-electron chi connectivity index (χ3n) is 6.86. The van der Waals surface area contributed by atoms with Crippen molar-refractivity contribution in [1.29, 1.82) is 0 Å². The molecule has 26 heavy (non-hydrogen) atoms. The van der Waals surface area contributed by atoms with Crippen molar-refractivity contribution in [2.24, 2.45) is 16.7 Å². The molecule has 2 bridgehead atoms. The van der Waals surface area contributed by atoms with Gasteiger partial charge in [0.1, 0.15) is 0 Å². The average molecular weight is 359 g/mol. The Morgan fingerprint density at radius 3 is 2.62 bits per heavy atom. The minimum atomic E-state index is -0.555. The van der Waals surface area contributed by atoms with Crippen molar-refractivity contribution in [3.05, 3.63) is 39.9 Å². The van der Waals surface area contributed by atoms with Crippen LogP contribution in [0.5, 0.6) is 0 Å². The van der Waals surface area contributed by atoms with E-state index in [1.54, 1.807) is 0 Å². The lowest BCUT2D eigenvalue weighted by atomic mass is 9.69. The molecular formula is C19H25N3O4. The highest BCUT2D eigenvalue weighted by atomic mass is 16.6. The Balaban J connectivity index is 1.56. The van der Waals surface area contributed by atoms with Crippen molar-refractivity contribution < 1.29 is 14.5 Å². The molecule has 3 rings (SSSR count). The van der Waals surface area contributed by atoms with E-state index >= 15 is 0 Å². The molecule has 2 amide bonds. The molecule has 3 atom stereocenters. The van der Waals surface area contributed by atoms with E-state index < -0.39 is 10.8 Å². The summed E-state index contributed by atoms with van der Waals surface area (Å²) in [6, 6.07) is 5.58. The molecule has 2 aliphatic rings. The van der Waals surface area contributed by atoms with E-state index in [-0.39, 0.29) is 40.6 Å². The zero-order chi connectivity index (χ0) is 19.1. The van der Waals surface area contributed by atoms with Gasteiger partial charge < -0.3 is 10.6 Å². The summed E-state index contributed by atoms with van der Waals surface area (Å²) in [6.45, 7) is 6.66. The van der Waals surface area contributed by atoms with Crippen molar-refractivity contribution >= 4 is 17.5 Å². The smallest absolute Gasteiger partial charge is 0.270 e. The largest absolute Gasteiger partial charge is 0.351 e. The number of non-ortho nitro benzene ring substituents is 1. The molecule has 7 nitrogen and oxygen atoms in total. The maximum Gasteiger partial charge on any atom is 0.270 e. The summed E-state index contributed by atoms with van der Waals surface area (Å²) in [7, 11) is 0. The summed E-state index contributed by atoms with van der Waals surface area (Å²) in [5.41, 5.74) is 0.299. The van der Waals surface area contributed by atoms with Gasteiger partial charge in [-0.2, -0.15) is 0 Å². The topological polar surface area (TPSA) is 101 Å². The number of carbonyl (C=O) groups is 2. The number of amides is 2. The van der Waals surface area contributed by atoms with Gasteiger partial charge in [0.2, 0.25) is 5.91 Å². The van der Waals surface area contributed by atoms with Crippen LogP contribution in [0.2, 0.25) is 0 Å². The van der Waals surface area contributed by atoms with Crippen molar-refractivity contribution in [2.75, 3.05) is 6.54 Å². The first kappa shape index (κ1) is 18.4. The third kappa shape index (κ3) is 2.95. The normalized spacial score (nSPS) is 28.6. The lowest BCUT2D eigenvalue weighted by molar-refractivity contribution is -0.384. The first-order valence-electron chi connectivity index (χ1n) is 8.97. The number of nitro benzene ring substituents is 1. The standard InChI is InChI=1S/C19H25N3O4/c1-18(2)13-7-8-19(18,3)15(10-13)21-16(23)11-20-17(24)12-5-4-6-14(9-12)22(25)26/h4-6,9,13,15H,7-8,10-11H2,1-3H3,(H,20,24)(H,21,23). The summed E-state index contributed by atoms with van der Waals surface area (Å²) in [4.78, 5) is 34.7. The molecule has 2 N–H and O–H groups in total.